The molecule has 1 aromatic heterocycles. The molecule has 0 aliphatic rings. The van der Waals surface area contributed by atoms with Crippen molar-refractivity contribution >= 4 is 21.9 Å². The lowest BCUT2D eigenvalue weighted by molar-refractivity contribution is -0.130. The van der Waals surface area contributed by atoms with Crippen LogP contribution in [0.15, 0.2) is 4.60 Å². The number of carbonyl (C=O) groups is 1. The Kier molecular flexibility index (Phi) is 2.45. The van der Waals surface area contributed by atoms with Gasteiger partial charge in [-0.1, -0.05) is 5.21 Å². The van der Waals surface area contributed by atoms with Gasteiger partial charge in [-0.25, -0.2) is 9.48 Å². The number of hydrogen-bond donors (Lipinski definition) is 1. The van der Waals surface area contributed by atoms with Crippen molar-refractivity contribution < 1.29 is 9.90 Å². The number of halogens is 1. The predicted octanol–water partition coefficient (Wildman–Crippen LogP) is 0.0137. The standard InChI is InChI=1S/C6H4BrN3O2/c1-10-4(2-3-5(11)12)6(7)8-9-10/h1H3,(H,11,12). The minimum absolute atomic E-state index is 0.442. The van der Waals surface area contributed by atoms with Gasteiger partial charge in [0.15, 0.2) is 4.60 Å². The number of hydrogen-bond acceptors (Lipinski definition) is 3. The summed E-state index contributed by atoms with van der Waals surface area (Å²) in [5, 5.41) is 15.5. The Morgan fingerprint density at radius 3 is 2.83 bits per heavy atom. The van der Waals surface area contributed by atoms with Crippen molar-refractivity contribution in [2.24, 2.45) is 7.05 Å². The maximum absolute atomic E-state index is 10.1. The molecule has 6 heteroatoms. The molecule has 0 spiro atoms. The van der Waals surface area contributed by atoms with E-state index in [1.165, 1.54) is 4.68 Å². The van der Waals surface area contributed by atoms with Crippen molar-refractivity contribution in [1.29, 1.82) is 0 Å². The molecule has 0 aliphatic carbocycles. The molecule has 1 N–H and O–H groups in total. The normalized spacial score (nSPS) is 8.83. The summed E-state index contributed by atoms with van der Waals surface area (Å²) in [4.78, 5) is 10.1. The Balaban J connectivity index is 3.05. The van der Waals surface area contributed by atoms with Crippen LogP contribution in [0.25, 0.3) is 0 Å². The highest BCUT2D eigenvalue weighted by atomic mass is 79.9. The summed E-state index contributed by atoms with van der Waals surface area (Å²) < 4.78 is 1.83. The summed E-state index contributed by atoms with van der Waals surface area (Å²) in [7, 11) is 1.63. The fraction of sp³-hybridized carbons (Fsp3) is 0.167. The number of aliphatic carboxylic acids is 1. The highest BCUT2D eigenvalue weighted by molar-refractivity contribution is 9.10. The zero-order valence-corrected chi connectivity index (χ0v) is 7.66. The first-order valence-electron chi connectivity index (χ1n) is 2.91. The van der Waals surface area contributed by atoms with E-state index in [1.54, 1.807) is 7.05 Å². The molecule has 1 heterocycles. The molecule has 0 atom stereocenters. The Hall–Kier alpha value is -1.35. The molecule has 0 unspecified atom stereocenters. The maximum atomic E-state index is 10.1. The second kappa shape index (κ2) is 3.36. The van der Waals surface area contributed by atoms with Crippen LogP contribution >= 0.6 is 15.9 Å². The molecule has 5 nitrogen and oxygen atoms in total. The van der Waals surface area contributed by atoms with Crippen molar-refractivity contribution in [3.05, 3.63) is 10.3 Å². The lowest BCUT2D eigenvalue weighted by Gasteiger charge is -1.87. The average molecular weight is 230 g/mol. The smallest absolute Gasteiger partial charge is 0.382 e. The zero-order valence-electron chi connectivity index (χ0n) is 6.08. The SMILES string of the molecule is Cn1nnc(Br)c1C#CC(=O)O. The average Bonchev–Trinajstić information content (AvgIpc) is 2.28. The molecular weight excluding hydrogens is 226 g/mol. The van der Waals surface area contributed by atoms with Crippen molar-refractivity contribution in [2.45, 2.75) is 0 Å². The van der Waals surface area contributed by atoms with Crippen LogP contribution in [-0.2, 0) is 11.8 Å². The molecule has 0 aromatic carbocycles. The Labute approximate surface area is 76.5 Å². The molecule has 0 radical (unpaired) electrons. The lowest BCUT2D eigenvalue weighted by atomic mass is 10.4. The van der Waals surface area contributed by atoms with E-state index in [0.717, 1.165) is 0 Å². The van der Waals surface area contributed by atoms with Gasteiger partial charge in [0.25, 0.3) is 0 Å². The Morgan fingerprint density at radius 2 is 2.42 bits per heavy atom. The van der Waals surface area contributed by atoms with Gasteiger partial charge in [0.1, 0.15) is 5.69 Å². The topological polar surface area (TPSA) is 68.0 Å². The summed E-state index contributed by atoms with van der Waals surface area (Å²) >= 11 is 3.08. The van der Waals surface area contributed by atoms with Crippen molar-refractivity contribution in [3.63, 3.8) is 0 Å². The van der Waals surface area contributed by atoms with Gasteiger partial charge in [0.2, 0.25) is 0 Å². The van der Waals surface area contributed by atoms with Crippen LogP contribution in [-0.4, -0.2) is 26.1 Å². The maximum Gasteiger partial charge on any atom is 0.382 e. The molecule has 0 saturated heterocycles. The van der Waals surface area contributed by atoms with E-state index < -0.39 is 5.97 Å². The molecule has 12 heavy (non-hydrogen) atoms. The summed E-state index contributed by atoms with van der Waals surface area (Å²) in [6.45, 7) is 0. The van der Waals surface area contributed by atoms with Crippen molar-refractivity contribution in [3.8, 4) is 11.8 Å². The molecular formula is C6H4BrN3O2. The van der Waals surface area contributed by atoms with E-state index in [-0.39, 0.29) is 0 Å². The van der Waals surface area contributed by atoms with E-state index in [9.17, 15) is 4.79 Å². The number of aryl methyl sites for hydroxylation is 1. The van der Waals surface area contributed by atoms with Gasteiger partial charge in [-0.2, -0.15) is 0 Å². The minimum atomic E-state index is -1.18. The van der Waals surface area contributed by atoms with E-state index in [2.05, 4.69) is 32.2 Å². The first kappa shape index (κ1) is 8.74. The number of aromatic nitrogens is 3. The molecule has 0 aliphatic heterocycles. The fourth-order valence-electron chi connectivity index (χ4n) is 0.577. The van der Waals surface area contributed by atoms with Crippen LogP contribution in [0.2, 0.25) is 0 Å². The van der Waals surface area contributed by atoms with Gasteiger partial charge in [0.05, 0.1) is 0 Å². The number of carboxylic acids is 1. The zero-order chi connectivity index (χ0) is 9.14. The summed E-state index contributed by atoms with van der Waals surface area (Å²) in [6, 6.07) is 0. The number of nitrogens with zero attached hydrogens (tertiary/aromatic N) is 3. The second-order valence-corrected chi connectivity index (χ2v) is 2.66. The first-order valence-corrected chi connectivity index (χ1v) is 3.70. The molecule has 0 bridgehead atoms. The van der Waals surface area contributed by atoms with Gasteiger partial charge in [-0.05, 0) is 21.9 Å². The third-order valence-electron chi connectivity index (χ3n) is 1.07. The lowest BCUT2D eigenvalue weighted by Crippen LogP contribution is -1.95. The third-order valence-corrected chi connectivity index (χ3v) is 1.61. The quantitative estimate of drug-likeness (QED) is 0.637. The van der Waals surface area contributed by atoms with Gasteiger partial charge in [0, 0.05) is 13.0 Å². The molecule has 0 saturated carbocycles. The van der Waals surface area contributed by atoms with Gasteiger partial charge in [-0.3, -0.25) is 0 Å². The largest absolute Gasteiger partial charge is 0.472 e. The minimum Gasteiger partial charge on any atom is -0.472 e. The van der Waals surface area contributed by atoms with Crippen LogP contribution in [0.5, 0.6) is 0 Å². The van der Waals surface area contributed by atoms with Crippen molar-refractivity contribution in [2.75, 3.05) is 0 Å². The highest BCUT2D eigenvalue weighted by Crippen LogP contribution is 2.09. The van der Waals surface area contributed by atoms with Gasteiger partial charge >= 0.3 is 5.97 Å². The van der Waals surface area contributed by atoms with Crippen LogP contribution in [0, 0.1) is 11.8 Å². The van der Waals surface area contributed by atoms with E-state index in [1.807, 2.05) is 5.92 Å². The van der Waals surface area contributed by atoms with Crippen LogP contribution < -0.4 is 0 Å². The monoisotopic (exact) mass is 229 g/mol. The van der Waals surface area contributed by atoms with E-state index in [4.69, 9.17) is 5.11 Å². The molecule has 0 amide bonds. The summed E-state index contributed by atoms with van der Waals surface area (Å²) in [5.41, 5.74) is 0.442. The fourth-order valence-corrected chi connectivity index (χ4v) is 1.00. The van der Waals surface area contributed by atoms with Crippen LogP contribution in [0.4, 0.5) is 0 Å². The molecule has 62 valence electrons. The van der Waals surface area contributed by atoms with Crippen LogP contribution in [0.3, 0.4) is 0 Å². The highest BCUT2D eigenvalue weighted by Gasteiger charge is 2.03. The predicted molar refractivity (Wildman–Crippen MR) is 43.2 cm³/mol. The molecule has 1 aromatic rings. The van der Waals surface area contributed by atoms with Gasteiger partial charge in [-0.15, -0.1) is 5.10 Å². The van der Waals surface area contributed by atoms with Crippen LogP contribution in [0.1, 0.15) is 5.69 Å². The Morgan fingerprint density at radius 1 is 1.75 bits per heavy atom. The number of rotatable bonds is 0. The van der Waals surface area contributed by atoms with E-state index in [0.29, 0.717) is 10.3 Å². The molecule has 1 rings (SSSR count). The third kappa shape index (κ3) is 1.83. The second-order valence-electron chi connectivity index (χ2n) is 1.91. The molecule has 0 fully saturated rings. The van der Waals surface area contributed by atoms with Crippen molar-refractivity contribution in [1.82, 2.24) is 15.0 Å². The summed E-state index contributed by atoms with van der Waals surface area (Å²) in [6.07, 6.45) is 0. The van der Waals surface area contributed by atoms with E-state index >= 15 is 0 Å². The number of carboxylic acid groups (broad SMARTS) is 1. The van der Waals surface area contributed by atoms with Gasteiger partial charge < -0.3 is 5.11 Å². The Bertz CT molecular complexity index is 354. The first-order chi connectivity index (χ1) is 5.61. The summed E-state index contributed by atoms with van der Waals surface area (Å²) in [5.74, 6) is 3.19.